The smallest absolute Gasteiger partial charge is 0.0624 e. The van der Waals surface area contributed by atoms with Gasteiger partial charge in [0.15, 0.2) is 0 Å². The fraction of sp³-hybridized carbons (Fsp3) is 0.250. The van der Waals surface area contributed by atoms with Crippen LogP contribution in [0.25, 0.3) is 0 Å². The largest absolute Gasteiger partial charge is 0.0685 e. The van der Waals surface area contributed by atoms with Gasteiger partial charge in [-0.15, -0.1) is 0 Å². The second-order valence-corrected chi connectivity index (χ2v) is 22.0. The van der Waals surface area contributed by atoms with Gasteiger partial charge in [-0.2, -0.15) is 0 Å². The van der Waals surface area contributed by atoms with Crippen LogP contribution in [-0.2, 0) is 10.1 Å². The van der Waals surface area contributed by atoms with Crippen LogP contribution >= 0.6 is 0 Å². The molecule has 4 rings (SSSR count). The zero-order valence-electron chi connectivity index (χ0n) is 21.5. The van der Waals surface area contributed by atoms with E-state index < -0.39 is 16.1 Å². The van der Waals surface area contributed by atoms with Crippen LogP contribution in [0.2, 0.25) is 39.3 Å². The lowest BCUT2D eigenvalue weighted by Gasteiger charge is -2.63. The first-order valence-electron chi connectivity index (χ1n) is 12.4. The SMILES string of the molecule is C[Si](C)(C)C(c1ccccc1)(c1ccccc1)C(c1ccccc1)(c1ccccc1)[Si](C)(C)C. The normalized spacial score (nSPS) is 13.0. The predicted octanol–water partition coefficient (Wildman–Crippen LogP) is 8.71. The van der Waals surface area contributed by atoms with Crippen LogP contribution in [0.1, 0.15) is 22.3 Å². The third-order valence-electron chi connectivity index (χ3n) is 7.64. The molecular formula is C32H38Si2. The molecule has 0 nitrogen and oxygen atoms in total. The molecule has 0 radical (unpaired) electrons. The second kappa shape index (κ2) is 9.16. The van der Waals surface area contributed by atoms with E-state index in [0.717, 1.165) is 0 Å². The summed E-state index contributed by atoms with van der Waals surface area (Å²) < 4.78 is 0. The fourth-order valence-corrected chi connectivity index (χ4v) is 16.0. The Morgan fingerprint density at radius 2 is 0.500 bits per heavy atom. The van der Waals surface area contributed by atoms with Crippen molar-refractivity contribution >= 4 is 16.1 Å². The van der Waals surface area contributed by atoms with Crippen molar-refractivity contribution in [3.63, 3.8) is 0 Å². The Balaban J connectivity index is 2.36. The summed E-state index contributed by atoms with van der Waals surface area (Å²) in [6.45, 7) is 15.5. The van der Waals surface area contributed by atoms with Crippen molar-refractivity contribution in [1.29, 1.82) is 0 Å². The quantitative estimate of drug-likeness (QED) is 0.233. The maximum absolute atomic E-state index is 2.58. The first kappa shape index (κ1) is 24.4. The van der Waals surface area contributed by atoms with E-state index in [0.29, 0.717) is 0 Å². The van der Waals surface area contributed by atoms with Gasteiger partial charge in [0, 0.05) is 10.1 Å². The van der Waals surface area contributed by atoms with Crippen LogP contribution in [-0.4, -0.2) is 16.1 Å². The molecule has 4 aromatic carbocycles. The molecule has 0 atom stereocenters. The predicted molar refractivity (Wildman–Crippen MR) is 154 cm³/mol. The van der Waals surface area contributed by atoms with Gasteiger partial charge < -0.3 is 0 Å². The molecule has 0 heterocycles. The van der Waals surface area contributed by atoms with Crippen molar-refractivity contribution in [2.75, 3.05) is 0 Å². The minimum Gasteiger partial charge on any atom is -0.0685 e. The van der Waals surface area contributed by atoms with E-state index in [1.807, 2.05) is 0 Å². The summed E-state index contributed by atoms with van der Waals surface area (Å²) in [7, 11) is -3.99. The Kier molecular flexibility index (Phi) is 6.59. The summed E-state index contributed by atoms with van der Waals surface area (Å²) in [4.78, 5) is 0. The number of hydrogen-bond acceptors (Lipinski definition) is 0. The van der Waals surface area contributed by atoms with Gasteiger partial charge in [0.05, 0.1) is 16.1 Å². The average Bonchev–Trinajstić information content (AvgIpc) is 2.83. The highest BCUT2D eigenvalue weighted by molar-refractivity contribution is 6.87. The van der Waals surface area contributed by atoms with Gasteiger partial charge in [0.2, 0.25) is 0 Å². The maximum Gasteiger partial charge on any atom is 0.0624 e. The summed E-state index contributed by atoms with van der Waals surface area (Å²) in [5, 5.41) is -0.342. The van der Waals surface area contributed by atoms with E-state index in [4.69, 9.17) is 0 Å². The fourth-order valence-electron chi connectivity index (χ4n) is 6.81. The van der Waals surface area contributed by atoms with Crippen molar-refractivity contribution in [3.8, 4) is 0 Å². The first-order chi connectivity index (χ1) is 16.2. The van der Waals surface area contributed by atoms with Crippen LogP contribution in [0.4, 0.5) is 0 Å². The Bertz CT molecular complexity index is 1010. The molecule has 0 aliphatic rings. The number of benzene rings is 4. The minimum absolute atomic E-state index is 0.171. The lowest BCUT2D eigenvalue weighted by Crippen LogP contribution is -2.71. The summed E-state index contributed by atoms with van der Waals surface area (Å²) in [5.74, 6) is 0. The minimum atomic E-state index is -1.99. The van der Waals surface area contributed by atoms with Gasteiger partial charge in [0.25, 0.3) is 0 Å². The molecule has 174 valence electrons. The topological polar surface area (TPSA) is 0 Å². The zero-order valence-corrected chi connectivity index (χ0v) is 23.5. The van der Waals surface area contributed by atoms with Gasteiger partial charge >= 0.3 is 0 Å². The highest BCUT2D eigenvalue weighted by Crippen LogP contribution is 2.61. The van der Waals surface area contributed by atoms with Crippen LogP contribution in [0.5, 0.6) is 0 Å². The third kappa shape index (κ3) is 3.64. The van der Waals surface area contributed by atoms with Crippen molar-refractivity contribution in [2.24, 2.45) is 0 Å². The van der Waals surface area contributed by atoms with Crippen molar-refractivity contribution in [2.45, 2.75) is 49.4 Å². The molecule has 4 aromatic rings. The van der Waals surface area contributed by atoms with Crippen molar-refractivity contribution in [3.05, 3.63) is 144 Å². The monoisotopic (exact) mass is 478 g/mol. The van der Waals surface area contributed by atoms with Crippen molar-refractivity contribution < 1.29 is 0 Å². The molecule has 0 bridgehead atoms. The molecule has 0 N–H and O–H groups in total. The molecule has 0 saturated carbocycles. The number of rotatable bonds is 7. The molecule has 0 aromatic heterocycles. The Morgan fingerprint density at radius 1 is 0.324 bits per heavy atom. The Morgan fingerprint density at radius 3 is 0.647 bits per heavy atom. The van der Waals surface area contributed by atoms with Crippen LogP contribution < -0.4 is 0 Å². The van der Waals surface area contributed by atoms with E-state index in [2.05, 4.69) is 161 Å². The molecule has 0 saturated heterocycles. The third-order valence-corrected chi connectivity index (χ3v) is 14.3. The van der Waals surface area contributed by atoms with E-state index in [-0.39, 0.29) is 10.1 Å². The molecule has 0 spiro atoms. The molecule has 0 fully saturated rings. The first-order valence-corrected chi connectivity index (χ1v) is 19.4. The van der Waals surface area contributed by atoms with Gasteiger partial charge in [-0.25, -0.2) is 0 Å². The van der Waals surface area contributed by atoms with Crippen LogP contribution in [0.3, 0.4) is 0 Å². The van der Waals surface area contributed by atoms with Crippen molar-refractivity contribution in [1.82, 2.24) is 0 Å². The van der Waals surface area contributed by atoms with E-state index in [1.54, 1.807) is 0 Å². The van der Waals surface area contributed by atoms with Gasteiger partial charge in [-0.3, -0.25) is 0 Å². The maximum atomic E-state index is 2.58. The molecular weight excluding hydrogens is 441 g/mol. The zero-order chi connectivity index (χ0) is 24.5. The molecule has 0 aliphatic carbocycles. The summed E-state index contributed by atoms with van der Waals surface area (Å²) in [6, 6.07) is 45.7. The summed E-state index contributed by atoms with van der Waals surface area (Å²) >= 11 is 0. The van der Waals surface area contributed by atoms with E-state index in [9.17, 15) is 0 Å². The summed E-state index contributed by atoms with van der Waals surface area (Å²) in [5.41, 5.74) is 5.76. The average molecular weight is 479 g/mol. The molecule has 0 amide bonds. The summed E-state index contributed by atoms with van der Waals surface area (Å²) in [6.07, 6.45) is 0. The van der Waals surface area contributed by atoms with Gasteiger partial charge in [0.1, 0.15) is 0 Å². The van der Waals surface area contributed by atoms with E-state index >= 15 is 0 Å². The molecule has 0 aliphatic heterocycles. The highest BCUT2D eigenvalue weighted by Gasteiger charge is 2.66. The Labute approximate surface area is 208 Å². The highest BCUT2D eigenvalue weighted by atomic mass is 28.3. The molecule has 2 heteroatoms. The standard InChI is InChI=1S/C32H38Si2/c1-33(2,3)31(27-19-11-7-12-20-27,28-21-13-8-14-22-28)32(34(4,5)6,29-23-15-9-16-24-29)30-25-17-10-18-26-30/h7-26H,1-6H3. The second-order valence-electron chi connectivity index (χ2n) is 11.5. The van der Waals surface area contributed by atoms with E-state index in [1.165, 1.54) is 22.3 Å². The van der Waals surface area contributed by atoms with Crippen LogP contribution in [0.15, 0.2) is 121 Å². The van der Waals surface area contributed by atoms with Crippen LogP contribution in [0, 0.1) is 0 Å². The number of hydrogen-bond donors (Lipinski definition) is 0. The molecule has 0 unspecified atom stereocenters. The Hall–Kier alpha value is -2.69. The molecule has 34 heavy (non-hydrogen) atoms. The van der Waals surface area contributed by atoms with Gasteiger partial charge in [-0.05, 0) is 22.3 Å². The lowest BCUT2D eigenvalue weighted by atomic mass is 9.71. The van der Waals surface area contributed by atoms with Gasteiger partial charge in [-0.1, -0.05) is 161 Å². The lowest BCUT2D eigenvalue weighted by molar-refractivity contribution is 0.512.